The van der Waals surface area contributed by atoms with Gasteiger partial charge in [0.15, 0.2) is 0 Å². The predicted octanol–water partition coefficient (Wildman–Crippen LogP) is 4.66. The van der Waals surface area contributed by atoms with Crippen molar-refractivity contribution in [1.29, 1.82) is 0 Å². The second-order valence-electron chi connectivity index (χ2n) is 10.6. The fraction of sp³-hybridized carbons (Fsp3) is 0.500. The van der Waals surface area contributed by atoms with Crippen LogP contribution in [0.4, 0.5) is 10.6 Å². The minimum Gasteiger partial charge on any atom is -0.410 e. The predicted molar refractivity (Wildman–Crippen MR) is 131 cm³/mol. The van der Waals surface area contributed by atoms with Gasteiger partial charge < -0.3 is 19.9 Å². The molecular formula is C26H36N4O3. The van der Waals surface area contributed by atoms with Crippen LogP contribution in [0.25, 0.3) is 0 Å². The Hall–Kier alpha value is -3.09. The molecule has 1 fully saturated rings. The number of hydrogen-bond acceptors (Lipinski definition) is 5. The van der Waals surface area contributed by atoms with Crippen molar-refractivity contribution in [2.24, 2.45) is 5.41 Å². The first kappa shape index (κ1) is 24.6. The highest BCUT2D eigenvalue weighted by Crippen LogP contribution is 2.27. The average molecular weight is 453 g/mol. The molecule has 1 saturated heterocycles. The summed E-state index contributed by atoms with van der Waals surface area (Å²) in [5, 5.41) is 3.10. The molecular weight excluding hydrogens is 416 g/mol. The van der Waals surface area contributed by atoms with Gasteiger partial charge in [-0.2, -0.15) is 0 Å². The molecule has 0 bridgehead atoms. The Morgan fingerprint density at radius 3 is 2.18 bits per heavy atom. The molecule has 1 aliphatic heterocycles. The lowest BCUT2D eigenvalue weighted by molar-refractivity contribution is 0.0891. The summed E-state index contributed by atoms with van der Waals surface area (Å²) >= 11 is 0. The molecule has 1 N–H and O–H groups in total. The van der Waals surface area contributed by atoms with Crippen LogP contribution >= 0.6 is 0 Å². The van der Waals surface area contributed by atoms with Crippen LogP contribution in [0.5, 0.6) is 5.75 Å². The topological polar surface area (TPSA) is 74.8 Å². The molecule has 2 amide bonds. The van der Waals surface area contributed by atoms with E-state index in [4.69, 9.17) is 4.74 Å². The average Bonchev–Trinajstić information content (AvgIpc) is 2.72. The fourth-order valence-corrected chi connectivity index (χ4v) is 4.41. The van der Waals surface area contributed by atoms with Crippen LogP contribution in [0, 0.1) is 12.3 Å². The number of nitrogens with zero attached hydrogens (tertiary/aromatic N) is 3. The maximum absolute atomic E-state index is 12.7. The number of rotatable bonds is 5. The van der Waals surface area contributed by atoms with Gasteiger partial charge >= 0.3 is 6.09 Å². The normalized spacial score (nSPS) is 14.7. The summed E-state index contributed by atoms with van der Waals surface area (Å²) in [6, 6.07) is 12.7. The van der Waals surface area contributed by atoms with Gasteiger partial charge in [0.05, 0.1) is 0 Å². The molecule has 2 aromatic rings. The molecule has 1 aliphatic rings. The smallest absolute Gasteiger partial charge is 0.410 e. The minimum absolute atomic E-state index is 0.108. The number of amides is 2. The molecule has 0 aliphatic carbocycles. The Morgan fingerprint density at radius 2 is 1.61 bits per heavy atom. The van der Waals surface area contributed by atoms with E-state index in [2.05, 4.69) is 36.0 Å². The van der Waals surface area contributed by atoms with Crippen molar-refractivity contribution >= 4 is 17.8 Å². The number of aromatic nitrogens is 1. The third kappa shape index (κ3) is 7.20. The zero-order chi connectivity index (χ0) is 24.2. The van der Waals surface area contributed by atoms with Crippen LogP contribution in [0.1, 0.15) is 57.1 Å². The first-order valence-electron chi connectivity index (χ1n) is 11.5. The molecule has 1 aromatic heterocycles. The summed E-state index contributed by atoms with van der Waals surface area (Å²) in [6.07, 6.45) is 0.477. The van der Waals surface area contributed by atoms with E-state index in [0.29, 0.717) is 37.5 Å². The summed E-state index contributed by atoms with van der Waals surface area (Å²) in [4.78, 5) is 33.7. The summed E-state index contributed by atoms with van der Waals surface area (Å²) < 4.78 is 5.54. The number of benzene rings is 1. The lowest BCUT2D eigenvalue weighted by atomic mass is 9.81. The van der Waals surface area contributed by atoms with Crippen LogP contribution in [0.2, 0.25) is 0 Å². The van der Waals surface area contributed by atoms with Gasteiger partial charge in [0.2, 0.25) is 0 Å². The first-order chi connectivity index (χ1) is 15.4. The second-order valence-corrected chi connectivity index (χ2v) is 10.6. The quantitative estimate of drug-likeness (QED) is 0.714. The number of aryl methyl sites for hydroxylation is 1. The van der Waals surface area contributed by atoms with E-state index >= 15 is 0 Å². The first-order valence-corrected chi connectivity index (χ1v) is 11.5. The molecule has 7 heteroatoms. The number of carbonyl (C=O) groups is 2. The van der Waals surface area contributed by atoms with Crippen molar-refractivity contribution in [3.63, 3.8) is 0 Å². The van der Waals surface area contributed by atoms with Crippen LogP contribution in [0.3, 0.4) is 0 Å². The molecule has 0 saturated carbocycles. The summed E-state index contributed by atoms with van der Waals surface area (Å²) in [6.45, 7) is 15.0. The highest BCUT2D eigenvalue weighted by Gasteiger charge is 2.27. The van der Waals surface area contributed by atoms with Gasteiger partial charge in [-0.1, -0.05) is 26.8 Å². The third-order valence-electron chi connectivity index (χ3n) is 5.48. The maximum Gasteiger partial charge on any atom is 0.415 e. The van der Waals surface area contributed by atoms with E-state index in [1.54, 1.807) is 29.2 Å². The number of anilines is 1. The zero-order valence-electron chi connectivity index (χ0n) is 20.6. The summed E-state index contributed by atoms with van der Waals surface area (Å²) in [5.74, 6) is 1.22. The van der Waals surface area contributed by atoms with Crippen LogP contribution in [-0.2, 0) is 0 Å². The van der Waals surface area contributed by atoms with Crippen molar-refractivity contribution < 1.29 is 14.3 Å². The Labute approximate surface area is 197 Å². The second kappa shape index (κ2) is 9.81. The summed E-state index contributed by atoms with van der Waals surface area (Å²) in [5.41, 5.74) is 1.30. The molecule has 1 aromatic carbocycles. The Balaban J connectivity index is 1.51. The van der Waals surface area contributed by atoms with E-state index in [0.717, 1.165) is 17.9 Å². The number of pyridine rings is 1. The largest absolute Gasteiger partial charge is 0.415 e. The number of ether oxygens (including phenoxy) is 1. The van der Waals surface area contributed by atoms with Gasteiger partial charge in [0.25, 0.3) is 5.91 Å². The van der Waals surface area contributed by atoms with Crippen molar-refractivity contribution in [3.05, 3.63) is 53.7 Å². The standard InChI is InChI=1S/C26H36N4O3/c1-19-8-7-9-22(27-19)29-14-16-30(17-15-29)24(32)33-21-12-10-20(11-13-21)23(31)28-26(5,6)18-25(2,3)4/h7-13H,14-18H2,1-6H3,(H,28,31). The van der Waals surface area contributed by atoms with Crippen LogP contribution in [0.15, 0.2) is 42.5 Å². The van der Waals surface area contributed by atoms with Gasteiger partial charge in [0, 0.05) is 43.0 Å². The number of nitrogens with one attached hydrogen (secondary N) is 1. The molecule has 3 rings (SSSR count). The monoisotopic (exact) mass is 452 g/mol. The SMILES string of the molecule is Cc1cccc(N2CCN(C(=O)Oc3ccc(C(=O)NC(C)(C)CC(C)(C)C)cc3)CC2)n1. The number of carbonyl (C=O) groups excluding carboxylic acids is 2. The summed E-state index contributed by atoms with van der Waals surface area (Å²) in [7, 11) is 0. The van der Waals surface area contributed by atoms with Gasteiger partial charge in [-0.3, -0.25) is 4.79 Å². The third-order valence-corrected chi connectivity index (χ3v) is 5.48. The Morgan fingerprint density at radius 1 is 0.970 bits per heavy atom. The van der Waals surface area contributed by atoms with E-state index < -0.39 is 0 Å². The Kier molecular flexibility index (Phi) is 7.30. The van der Waals surface area contributed by atoms with Gasteiger partial charge in [-0.15, -0.1) is 0 Å². The zero-order valence-corrected chi connectivity index (χ0v) is 20.6. The van der Waals surface area contributed by atoms with Gasteiger partial charge in [-0.25, -0.2) is 9.78 Å². The molecule has 178 valence electrons. The van der Waals surface area contributed by atoms with Crippen molar-refractivity contribution in [3.8, 4) is 5.75 Å². The van der Waals surface area contributed by atoms with E-state index in [1.165, 1.54) is 0 Å². The highest BCUT2D eigenvalue weighted by molar-refractivity contribution is 5.94. The molecule has 0 radical (unpaired) electrons. The van der Waals surface area contributed by atoms with E-state index in [-0.39, 0.29) is 23.0 Å². The number of hydrogen-bond donors (Lipinski definition) is 1. The number of piperazine rings is 1. The van der Waals surface area contributed by atoms with Gasteiger partial charge in [-0.05, 0) is 69.0 Å². The molecule has 0 atom stereocenters. The molecule has 2 heterocycles. The molecule has 0 unspecified atom stereocenters. The maximum atomic E-state index is 12.7. The van der Waals surface area contributed by atoms with E-state index in [9.17, 15) is 9.59 Å². The minimum atomic E-state index is -0.379. The molecule has 0 spiro atoms. The molecule has 7 nitrogen and oxygen atoms in total. The van der Waals surface area contributed by atoms with Crippen molar-refractivity contribution in [2.45, 2.75) is 53.5 Å². The van der Waals surface area contributed by atoms with Crippen molar-refractivity contribution in [1.82, 2.24) is 15.2 Å². The van der Waals surface area contributed by atoms with Gasteiger partial charge in [0.1, 0.15) is 11.6 Å². The lowest BCUT2D eigenvalue weighted by Gasteiger charge is -2.34. The Bertz CT molecular complexity index is 972. The van der Waals surface area contributed by atoms with Crippen molar-refractivity contribution in [2.75, 3.05) is 31.1 Å². The van der Waals surface area contributed by atoms with Crippen LogP contribution < -0.4 is 15.0 Å². The molecule has 33 heavy (non-hydrogen) atoms. The van der Waals surface area contributed by atoms with E-state index in [1.807, 2.05) is 39.0 Å². The van der Waals surface area contributed by atoms with Crippen LogP contribution in [-0.4, -0.2) is 53.6 Å². The fourth-order valence-electron chi connectivity index (χ4n) is 4.41. The lowest BCUT2D eigenvalue weighted by Crippen LogP contribution is -2.49. The highest BCUT2D eigenvalue weighted by atomic mass is 16.6.